The summed E-state index contributed by atoms with van der Waals surface area (Å²) in [6.07, 6.45) is 11.4. The van der Waals surface area contributed by atoms with Gasteiger partial charge in [-0.3, -0.25) is 24.1 Å². The highest BCUT2D eigenvalue weighted by molar-refractivity contribution is 6.14. The monoisotopic (exact) mass is 754 g/mol. The number of fused-ring (bicyclic) bond motifs is 9. The number of aromatic nitrogens is 7. The van der Waals surface area contributed by atoms with Crippen LogP contribution in [-0.2, 0) is 0 Å². The number of benzene rings is 5. The molecular formula is C51H30N8. The topological polar surface area (TPSA) is 90.1 Å². The van der Waals surface area contributed by atoms with Crippen molar-refractivity contribution in [2.24, 2.45) is 0 Å². The standard InChI is InChI=1S/C51H30N8/c52-28-32-18-20-34(21-19-32)47-48(33-10-2-1-3-11-33)50(58-42-16-8-5-13-36(42)39-23-26-54-30-45(39)58)56-51(59-43-17-9-6-14-37(43)40-24-27-55-31-46(40)59)49(47)57-41-15-7-4-12-35(41)38-22-25-53-29-44(38)57/h1-27,29-31H. The summed E-state index contributed by atoms with van der Waals surface area (Å²) in [7, 11) is 0. The van der Waals surface area contributed by atoms with E-state index in [0.717, 1.165) is 99.2 Å². The van der Waals surface area contributed by atoms with E-state index in [-0.39, 0.29) is 0 Å². The molecule has 0 aliphatic heterocycles. The number of nitriles is 1. The first-order valence-electron chi connectivity index (χ1n) is 19.4. The van der Waals surface area contributed by atoms with Gasteiger partial charge in [-0.2, -0.15) is 5.26 Å². The minimum atomic E-state index is 0.578. The first kappa shape index (κ1) is 32.8. The lowest BCUT2D eigenvalue weighted by molar-refractivity contribution is 0.983. The molecule has 12 aromatic rings. The zero-order chi connectivity index (χ0) is 39.0. The van der Waals surface area contributed by atoms with Crippen LogP contribution in [0.2, 0.25) is 0 Å². The summed E-state index contributed by atoms with van der Waals surface area (Å²) in [5.41, 5.74) is 11.0. The second-order valence-corrected chi connectivity index (χ2v) is 14.6. The molecule has 0 fully saturated rings. The average molecular weight is 755 g/mol. The van der Waals surface area contributed by atoms with E-state index in [4.69, 9.17) is 15.0 Å². The van der Waals surface area contributed by atoms with Crippen LogP contribution >= 0.6 is 0 Å². The Morgan fingerprint density at radius 2 is 0.797 bits per heavy atom. The highest BCUT2D eigenvalue weighted by Crippen LogP contribution is 2.48. The van der Waals surface area contributed by atoms with Gasteiger partial charge >= 0.3 is 0 Å². The van der Waals surface area contributed by atoms with Crippen molar-refractivity contribution in [3.63, 3.8) is 0 Å². The van der Waals surface area contributed by atoms with E-state index in [1.54, 1.807) is 0 Å². The smallest absolute Gasteiger partial charge is 0.165 e. The van der Waals surface area contributed by atoms with Gasteiger partial charge in [0.05, 0.1) is 69.0 Å². The van der Waals surface area contributed by atoms with Crippen LogP contribution in [0.5, 0.6) is 0 Å². The molecule has 12 rings (SSSR count). The molecule has 0 bridgehead atoms. The van der Waals surface area contributed by atoms with E-state index >= 15 is 0 Å². The SMILES string of the molecule is N#Cc1ccc(-c2c(-c3ccccc3)c(-n3c4ccccc4c4ccncc43)nc(-n3c4ccccc4c4ccncc43)c2-n2c3ccccc3c3ccncc32)cc1. The van der Waals surface area contributed by atoms with Gasteiger partial charge in [-0.15, -0.1) is 0 Å². The summed E-state index contributed by atoms with van der Waals surface area (Å²) < 4.78 is 6.86. The fourth-order valence-electron chi connectivity index (χ4n) is 9.10. The molecule has 7 aromatic heterocycles. The second kappa shape index (κ2) is 12.8. The predicted molar refractivity (Wildman–Crippen MR) is 236 cm³/mol. The molecule has 7 heterocycles. The number of para-hydroxylation sites is 3. The van der Waals surface area contributed by atoms with Crippen molar-refractivity contribution in [2.45, 2.75) is 0 Å². The second-order valence-electron chi connectivity index (χ2n) is 14.6. The summed E-state index contributed by atoms with van der Waals surface area (Å²) in [5.74, 6) is 1.45. The molecular weight excluding hydrogens is 725 g/mol. The molecule has 0 N–H and O–H groups in total. The van der Waals surface area contributed by atoms with E-state index < -0.39 is 0 Å². The third-order valence-electron chi connectivity index (χ3n) is 11.6. The van der Waals surface area contributed by atoms with Crippen molar-refractivity contribution in [3.8, 4) is 45.6 Å². The molecule has 274 valence electrons. The maximum absolute atomic E-state index is 10.0. The fraction of sp³-hybridized carbons (Fsp3) is 0. The molecule has 0 spiro atoms. The molecule has 0 saturated heterocycles. The van der Waals surface area contributed by atoms with Gasteiger partial charge in [0.1, 0.15) is 5.82 Å². The molecule has 8 nitrogen and oxygen atoms in total. The Morgan fingerprint density at radius 3 is 1.32 bits per heavy atom. The zero-order valence-electron chi connectivity index (χ0n) is 31.4. The Balaban J connectivity index is 1.40. The summed E-state index contributed by atoms with van der Waals surface area (Å²) in [5, 5.41) is 16.6. The first-order valence-corrected chi connectivity index (χ1v) is 19.4. The van der Waals surface area contributed by atoms with Crippen molar-refractivity contribution >= 4 is 65.4 Å². The lowest BCUT2D eigenvalue weighted by Crippen LogP contribution is -2.13. The largest absolute Gasteiger partial charge is 0.304 e. The maximum atomic E-state index is 10.0. The molecule has 0 radical (unpaired) electrons. The highest BCUT2D eigenvalue weighted by Gasteiger charge is 2.30. The van der Waals surface area contributed by atoms with E-state index in [1.165, 1.54) is 0 Å². The number of hydrogen-bond donors (Lipinski definition) is 0. The van der Waals surface area contributed by atoms with Crippen molar-refractivity contribution in [2.75, 3.05) is 0 Å². The van der Waals surface area contributed by atoms with Gasteiger partial charge in [-0.1, -0.05) is 97.1 Å². The Morgan fingerprint density at radius 1 is 0.373 bits per heavy atom. The molecule has 0 amide bonds. The van der Waals surface area contributed by atoms with Crippen molar-refractivity contribution in [1.82, 2.24) is 33.6 Å². The molecule has 0 aliphatic rings. The number of hydrogen-bond acceptors (Lipinski definition) is 5. The van der Waals surface area contributed by atoms with Gasteiger partial charge in [0.2, 0.25) is 0 Å². The quantitative estimate of drug-likeness (QED) is 0.174. The lowest BCUT2D eigenvalue weighted by Gasteiger charge is -2.25. The minimum absolute atomic E-state index is 0.578. The number of nitrogens with zero attached hydrogens (tertiary/aromatic N) is 8. The van der Waals surface area contributed by atoms with E-state index in [1.807, 2.05) is 55.4 Å². The number of rotatable bonds is 5. The Bertz CT molecular complexity index is 3520. The van der Waals surface area contributed by atoms with E-state index in [0.29, 0.717) is 11.4 Å². The van der Waals surface area contributed by atoms with Gasteiger partial charge < -0.3 is 4.57 Å². The molecule has 0 unspecified atom stereocenters. The van der Waals surface area contributed by atoms with Gasteiger partial charge in [0, 0.05) is 62.0 Å². The van der Waals surface area contributed by atoms with Gasteiger partial charge in [-0.05, 0) is 59.7 Å². The van der Waals surface area contributed by atoms with Gasteiger partial charge in [-0.25, -0.2) is 4.98 Å². The van der Waals surface area contributed by atoms with Crippen LogP contribution < -0.4 is 0 Å². The predicted octanol–water partition coefficient (Wildman–Crippen LogP) is 11.8. The fourth-order valence-corrected chi connectivity index (χ4v) is 9.10. The summed E-state index contributed by atoms with van der Waals surface area (Å²) >= 11 is 0. The Hall–Kier alpha value is -8.41. The number of pyridine rings is 4. The molecule has 0 saturated carbocycles. The maximum Gasteiger partial charge on any atom is 0.165 e. The van der Waals surface area contributed by atoms with Crippen LogP contribution in [0, 0.1) is 11.3 Å². The summed E-state index contributed by atoms with van der Waals surface area (Å²) in [6, 6.07) is 52.5. The Kier molecular flexibility index (Phi) is 7.12. The van der Waals surface area contributed by atoms with Crippen LogP contribution in [0.4, 0.5) is 0 Å². The molecule has 8 heteroatoms. The van der Waals surface area contributed by atoms with E-state index in [2.05, 4.69) is 152 Å². The van der Waals surface area contributed by atoms with Crippen LogP contribution in [0.1, 0.15) is 5.56 Å². The average Bonchev–Trinajstić information content (AvgIpc) is 3.95. The molecule has 59 heavy (non-hydrogen) atoms. The van der Waals surface area contributed by atoms with Gasteiger partial charge in [0.25, 0.3) is 0 Å². The first-order chi connectivity index (χ1) is 29.3. The van der Waals surface area contributed by atoms with Crippen LogP contribution in [0.25, 0.3) is 105 Å². The van der Waals surface area contributed by atoms with Crippen LogP contribution in [0.15, 0.2) is 183 Å². The third kappa shape index (κ3) is 4.76. The lowest BCUT2D eigenvalue weighted by atomic mass is 9.92. The highest BCUT2D eigenvalue weighted by atomic mass is 15.2. The molecule has 5 aromatic carbocycles. The van der Waals surface area contributed by atoms with Crippen LogP contribution in [-0.4, -0.2) is 33.6 Å². The van der Waals surface area contributed by atoms with E-state index in [9.17, 15) is 5.26 Å². The normalized spacial score (nSPS) is 11.7. The van der Waals surface area contributed by atoms with Gasteiger partial charge in [0.15, 0.2) is 5.82 Å². The summed E-state index contributed by atoms with van der Waals surface area (Å²) in [6.45, 7) is 0. The molecule has 0 atom stereocenters. The minimum Gasteiger partial charge on any atom is -0.304 e. The molecule has 0 aliphatic carbocycles. The van der Waals surface area contributed by atoms with Crippen molar-refractivity contribution in [1.29, 1.82) is 5.26 Å². The van der Waals surface area contributed by atoms with Crippen molar-refractivity contribution in [3.05, 3.63) is 188 Å². The Labute approximate surface area is 337 Å². The third-order valence-corrected chi connectivity index (χ3v) is 11.6. The van der Waals surface area contributed by atoms with Crippen LogP contribution in [0.3, 0.4) is 0 Å². The summed E-state index contributed by atoms with van der Waals surface area (Å²) in [4.78, 5) is 20.1. The van der Waals surface area contributed by atoms with Crippen molar-refractivity contribution < 1.29 is 0 Å². The zero-order valence-corrected chi connectivity index (χ0v) is 31.4.